The molecule has 1 aliphatic rings. The van der Waals surface area contributed by atoms with E-state index >= 15 is 0 Å². The standard InChI is InChI=1S/C24H23NO6/c1-14-11-17(26)23-19(28)12-18(27)22(24(23)30-14)16-9-10-25-13-20(16)31-21(29)8-7-15-5-3-2-4-6-15/h2-8,11-12,16,20,25,27-28H,9-10,13H2,1H3/t16-,20+/m0/s1. The van der Waals surface area contributed by atoms with Crippen LogP contribution in [0.25, 0.3) is 17.0 Å². The lowest BCUT2D eigenvalue weighted by Crippen LogP contribution is -2.42. The molecule has 3 aromatic rings. The van der Waals surface area contributed by atoms with Crippen molar-refractivity contribution in [2.24, 2.45) is 0 Å². The predicted molar refractivity (Wildman–Crippen MR) is 116 cm³/mol. The second kappa shape index (κ2) is 8.65. The number of rotatable bonds is 4. The molecular weight excluding hydrogens is 398 g/mol. The third kappa shape index (κ3) is 4.32. The quantitative estimate of drug-likeness (QED) is 0.438. The third-order valence-corrected chi connectivity index (χ3v) is 5.40. The summed E-state index contributed by atoms with van der Waals surface area (Å²) >= 11 is 0. The topological polar surface area (TPSA) is 109 Å². The van der Waals surface area contributed by atoms with Crippen molar-refractivity contribution < 1.29 is 24.2 Å². The van der Waals surface area contributed by atoms with Crippen LogP contribution in [0, 0.1) is 6.92 Å². The Labute approximate surface area is 178 Å². The summed E-state index contributed by atoms with van der Waals surface area (Å²) in [5, 5.41) is 24.0. The Morgan fingerprint density at radius 2 is 1.97 bits per heavy atom. The van der Waals surface area contributed by atoms with Crippen LogP contribution >= 0.6 is 0 Å². The highest BCUT2D eigenvalue weighted by Crippen LogP contribution is 2.41. The Kier molecular flexibility index (Phi) is 5.77. The van der Waals surface area contributed by atoms with Gasteiger partial charge < -0.3 is 24.7 Å². The molecule has 0 bridgehead atoms. The van der Waals surface area contributed by atoms with Gasteiger partial charge in [-0.05, 0) is 31.5 Å². The number of aryl methyl sites for hydroxylation is 1. The fourth-order valence-electron chi connectivity index (χ4n) is 4.00. The molecule has 0 saturated carbocycles. The second-order valence-electron chi connectivity index (χ2n) is 7.57. The van der Waals surface area contributed by atoms with Gasteiger partial charge in [0.25, 0.3) is 0 Å². The van der Waals surface area contributed by atoms with Crippen molar-refractivity contribution in [2.45, 2.75) is 25.4 Å². The van der Waals surface area contributed by atoms with Crippen molar-refractivity contribution in [2.75, 3.05) is 13.1 Å². The van der Waals surface area contributed by atoms with Crippen molar-refractivity contribution in [3.05, 3.63) is 75.7 Å². The highest BCUT2D eigenvalue weighted by atomic mass is 16.5. The van der Waals surface area contributed by atoms with Gasteiger partial charge in [-0.15, -0.1) is 0 Å². The Morgan fingerprint density at radius 1 is 1.19 bits per heavy atom. The molecule has 2 heterocycles. The summed E-state index contributed by atoms with van der Waals surface area (Å²) < 4.78 is 11.4. The first kappa shape index (κ1) is 20.7. The Hall–Kier alpha value is -3.58. The first-order chi connectivity index (χ1) is 14.9. The second-order valence-corrected chi connectivity index (χ2v) is 7.57. The Bertz CT molecular complexity index is 1200. The van der Waals surface area contributed by atoms with E-state index < -0.39 is 23.4 Å². The molecule has 1 aliphatic heterocycles. The van der Waals surface area contributed by atoms with Crippen LogP contribution in [0.5, 0.6) is 11.5 Å². The number of phenolic OH excluding ortho intramolecular Hbond substituents is 2. The van der Waals surface area contributed by atoms with Crippen LogP contribution in [0.2, 0.25) is 0 Å². The monoisotopic (exact) mass is 421 g/mol. The van der Waals surface area contributed by atoms with Gasteiger partial charge in [-0.3, -0.25) is 4.79 Å². The van der Waals surface area contributed by atoms with Crippen LogP contribution in [0.3, 0.4) is 0 Å². The van der Waals surface area contributed by atoms with E-state index in [9.17, 15) is 19.8 Å². The van der Waals surface area contributed by atoms with E-state index in [-0.39, 0.29) is 22.5 Å². The largest absolute Gasteiger partial charge is 0.507 e. The summed E-state index contributed by atoms with van der Waals surface area (Å²) in [6, 6.07) is 11.8. The molecule has 7 heteroatoms. The van der Waals surface area contributed by atoms with Crippen LogP contribution in [0.4, 0.5) is 0 Å². The zero-order valence-electron chi connectivity index (χ0n) is 17.0. The molecule has 0 radical (unpaired) electrons. The van der Waals surface area contributed by atoms with E-state index in [1.165, 1.54) is 12.1 Å². The molecule has 1 fully saturated rings. The summed E-state index contributed by atoms with van der Waals surface area (Å²) in [6.07, 6.45) is 2.99. The van der Waals surface area contributed by atoms with Crippen molar-refractivity contribution in [1.29, 1.82) is 0 Å². The lowest BCUT2D eigenvalue weighted by Gasteiger charge is -2.32. The average molecular weight is 421 g/mol. The number of phenols is 2. The van der Waals surface area contributed by atoms with E-state index in [1.807, 2.05) is 30.3 Å². The van der Waals surface area contributed by atoms with Crippen molar-refractivity contribution in [3.63, 3.8) is 0 Å². The summed E-state index contributed by atoms with van der Waals surface area (Å²) in [5.74, 6) is -1.12. The number of esters is 1. The van der Waals surface area contributed by atoms with Gasteiger partial charge in [0, 0.05) is 36.2 Å². The lowest BCUT2D eigenvalue weighted by molar-refractivity contribution is -0.144. The van der Waals surface area contributed by atoms with Crippen molar-refractivity contribution in [1.82, 2.24) is 5.32 Å². The molecule has 2 aromatic carbocycles. The molecule has 4 rings (SSSR count). The number of benzene rings is 2. The predicted octanol–water partition coefficient (Wildman–Crippen LogP) is 3.21. The third-order valence-electron chi connectivity index (χ3n) is 5.40. The Balaban J connectivity index is 1.68. The molecule has 0 unspecified atom stereocenters. The SMILES string of the molecule is Cc1cc(=O)c2c(O)cc(O)c([C@H]3CCNC[C@H]3OC(=O)C=Cc3ccccc3)c2o1. The number of hydrogen-bond donors (Lipinski definition) is 3. The first-order valence-corrected chi connectivity index (χ1v) is 10.1. The van der Waals surface area contributed by atoms with Crippen molar-refractivity contribution >= 4 is 23.0 Å². The molecule has 0 spiro atoms. The number of carbonyl (C=O) groups excluding carboxylic acids is 1. The highest BCUT2D eigenvalue weighted by molar-refractivity contribution is 5.89. The fourth-order valence-corrected chi connectivity index (χ4v) is 4.00. The molecule has 0 amide bonds. The molecule has 1 aromatic heterocycles. The van der Waals surface area contributed by atoms with Crippen LogP contribution in [-0.4, -0.2) is 35.4 Å². The van der Waals surface area contributed by atoms with Gasteiger partial charge in [-0.1, -0.05) is 30.3 Å². The van der Waals surface area contributed by atoms with Crippen LogP contribution < -0.4 is 10.7 Å². The van der Waals surface area contributed by atoms with Crippen LogP contribution in [0.15, 0.2) is 57.8 Å². The maximum Gasteiger partial charge on any atom is 0.331 e. The number of nitrogens with one attached hydrogen (secondary N) is 1. The van der Waals surface area contributed by atoms with Gasteiger partial charge in [0.1, 0.15) is 34.3 Å². The normalized spacial score (nSPS) is 19.0. The van der Waals surface area contributed by atoms with Gasteiger partial charge in [0.2, 0.25) is 0 Å². The maximum absolute atomic E-state index is 12.5. The number of aromatic hydroxyl groups is 2. The van der Waals surface area contributed by atoms with Crippen LogP contribution in [0.1, 0.15) is 29.2 Å². The summed E-state index contributed by atoms with van der Waals surface area (Å²) in [4.78, 5) is 24.9. The van der Waals surface area contributed by atoms with E-state index in [4.69, 9.17) is 9.15 Å². The number of ether oxygens (including phenoxy) is 1. The number of piperidine rings is 1. The van der Waals surface area contributed by atoms with Crippen molar-refractivity contribution in [3.8, 4) is 11.5 Å². The van der Waals surface area contributed by atoms with E-state index in [2.05, 4.69) is 5.32 Å². The molecule has 31 heavy (non-hydrogen) atoms. The molecule has 0 aliphatic carbocycles. The number of fused-ring (bicyclic) bond motifs is 1. The number of hydrogen-bond acceptors (Lipinski definition) is 7. The number of carbonyl (C=O) groups is 1. The first-order valence-electron chi connectivity index (χ1n) is 10.1. The van der Waals surface area contributed by atoms with Crippen LogP contribution in [-0.2, 0) is 9.53 Å². The van der Waals surface area contributed by atoms with Gasteiger partial charge in [0.05, 0.1) is 0 Å². The smallest absolute Gasteiger partial charge is 0.331 e. The molecule has 2 atom stereocenters. The van der Waals surface area contributed by atoms with E-state index in [1.54, 1.807) is 13.0 Å². The lowest BCUT2D eigenvalue weighted by atomic mass is 9.85. The molecule has 3 N–H and O–H groups in total. The zero-order chi connectivity index (χ0) is 22.0. The minimum atomic E-state index is -0.592. The van der Waals surface area contributed by atoms with E-state index in [0.717, 1.165) is 11.6 Å². The zero-order valence-corrected chi connectivity index (χ0v) is 17.0. The minimum absolute atomic E-state index is 0.00554. The summed E-state index contributed by atoms with van der Waals surface area (Å²) in [7, 11) is 0. The molecule has 1 saturated heterocycles. The van der Waals surface area contributed by atoms with Gasteiger partial charge in [0.15, 0.2) is 5.43 Å². The fraction of sp³-hybridized carbons (Fsp3) is 0.250. The molecule has 7 nitrogen and oxygen atoms in total. The maximum atomic E-state index is 12.5. The summed E-state index contributed by atoms with van der Waals surface area (Å²) in [6.45, 7) is 2.64. The van der Waals surface area contributed by atoms with E-state index in [0.29, 0.717) is 30.8 Å². The summed E-state index contributed by atoms with van der Waals surface area (Å²) in [5.41, 5.74) is 0.957. The van der Waals surface area contributed by atoms with Gasteiger partial charge in [-0.2, -0.15) is 0 Å². The highest BCUT2D eigenvalue weighted by Gasteiger charge is 2.34. The molecular formula is C24H23NO6. The average Bonchev–Trinajstić information content (AvgIpc) is 2.73. The van der Waals surface area contributed by atoms with Gasteiger partial charge >= 0.3 is 5.97 Å². The van der Waals surface area contributed by atoms with Gasteiger partial charge in [-0.25, -0.2) is 4.79 Å². The Morgan fingerprint density at radius 3 is 2.74 bits per heavy atom. The molecule has 160 valence electrons. The minimum Gasteiger partial charge on any atom is -0.507 e.